The maximum atomic E-state index is 9.71. The van der Waals surface area contributed by atoms with E-state index in [2.05, 4.69) is 39.3 Å². The van der Waals surface area contributed by atoms with Gasteiger partial charge in [-0.1, -0.05) is 0 Å². The van der Waals surface area contributed by atoms with Crippen LogP contribution in [0.2, 0.25) is 0 Å². The monoisotopic (exact) mass is 399 g/mol. The van der Waals surface area contributed by atoms with Gasteiger partial charge in [0.25, 0.3) is 0 Å². The molecule has 29 heavy (non-hydrogen) atoms. The lowest BCUT2D eigenvalue weighted by molar-refractivity contribution is 0.126. The normalized spacial score (nSPS) is 23.6. The van der Waals surface area contributed by atoms with Gasteiger partial charge in [-0.2, -0.15) is 5.10 Å². The van der Waals surface area contributed by atoms with Gasteiger partial charge in [-0.3, -0.25) is 4.68 Å². The van der Waals surface area contributed by atoms with E-state index in [4.69, 9.17) is 4.98 Å². The van der Waals surface area contributed by atoms with Crippen molar-refractivity contribution in [2.45, 2.75) is 56.7 Å². The summed E-state index contributed by atoms with van der Waals surface area (Å²) in [5.74, 6) is 1.79. The SMILES string of the molecule is CN(C)C1CCN(c2c(-c3ccnc(N[C@H]4CC[C@H](O)CC4)n3)cnn2C)CC1. The number of aliphatic hydroxyl groups excluding tert-OH is 1. The second kappa shape index (κ2) is 8.67. The van der Waals surface area contributed by atoms with Crippen LogP contribution in [-0.2, 0) is 7.05 Å². The van der Waals surface area contributed by atoms with Crippen molar-refractivity contribution in [3.8, 4) is 11.3 Å². The zero-order chi connectivity index (χ0) is 20.4. The van der Waals surface area contributed by atoms with Crippen molar-refractivity contribution in [2.24, 2.45) is 7.05 Å². The molecule has 0 aromatic carbocycles. The van der Waals surface area contributed by atoms with Crippen LogP contribution in [-0.4, -0.2) is 75.1 Å². The predicted molar refractivity (Wildman–Crippen MR) is 115 cm³/mol. The fourth-order valence-corrected chi connectivity index (χ4v) is 4.56. The van der Waals surface area contributed by atoms with Crippen molar-refractivity contribution < 1.29 is 5.11 Å². The van der Waals surface area contributed by atoms with Crippen molar-refractivity contribution in [1.29, 1.82) is 0 Å². The summed E-state index contributed by atoms with van der Waals surface area (Å²) < 4.78 is 1.96. The Balaban J connectivity index is 1.51. The third kappa shape index (κ3) is 4.53. The number of nitrogens with zero attached hydrogens (tertiary/aromatic N) is 6. The summed E-state index contributed by atoms with van der Waals surface area (Å²) in [6.45, 7) is 2.05. The molecule has 158 valence electrons. The molecule has 2 aliphatic rings. The first-order chi connectivity index (χ1) is 14.0. The Hall–Kier alpha value is -2.19. The number of anilines is 2. The van der Waals surface area contributed by atoms with Crippen LogP contribution in [0.25, 0.3) is 11.3 Å². The molecule has 3 heterocycles. The average Bonchev–Trinajstić information content (AvgIpc) is 3.11. The highest BCUT2D eigenvalue weighted by Gasteiger charge is 2.26. The van der Waals surface area contributed by atoms with Crippen molar-refractivity contribution in [1.82, 2.24) is 24.6 Å². The molecule has 8 heteroatoms. The van der Waals surface area contributed by atoms with E-state index in [9.17, 15) is 5.11 Å². The van der Waals surface area contributed by atoms with E-state index in [0.717, 1.165) is 68.7 Å². The van der Waals surface area contributed by atoms with Gasteiger partial charge in [-0.15, -0.1) is 0 Å². The quantitative estimate of drug-likeness (QED) is 0.797. The number of nitrogens with one attached hydrogen (secondary N) is 1. The minimum absolute atomic E-state index is 0.158. The lowest BCUT2D eigenvalue weighted by Crippen LogP contribution is -2.42. The third-order valence-electron chi connectivity index (χ3n) is 6.36. The average molecular weight is 400 g/mol. The van der Waals surface area contributed by atoms with Gasteiger partial charge >= 0.3 is 0 Å². The molecule has 1 aliphatic carbocycles. The maximum absolute atomic E-state index is 9.71. The van der Waals surface area contributed by atoms with Gasteiger partial charge in [0.1, 0.15) is 5.82 Å². The summed E-state index contributed by atoms with van der Waals surface area (Å²) in [5.41, 5.74) is 1.96. The molecule has 8 nitrogen and oxygen atoms in total. The first kappa shape index (κ1) is 20.1. The lowest BCUT2D eigenvalue weighted by atomic mass is 9.93. The Bertz CT molecular complexity index is 805. The molecule has 0 radical (unpaired) electrons. The zero-order valence-corrected chi connectivity index (χ0v) is 17.8. The molecule has 2 aromatic rings. The molecule has 0 bridgehead atoms. The summed E-state index contributed by atoms with van der Waals surface area (Å²) in [6, 6.07) is 2.93. The summed E-state index contributed by atoms with van der Waals surface area (Å²) in [7, 11) is 6.33. The molecule has 4 rings (SSSR count). The first-order valence-electron chi connectivity index (χ1n) is 10.7. The predicted octanol–water partition coefficient (Wildman–Crippen LogP) is 2.12. The molecule has 1 aliphatic heterocycles. The molecule has 0 amide bonds. The van der Waals surface area contributed by atoms with Crippen LogP contribution in [0.3, 0.4) is 0 Å². The number of rotatable bonds is 5. The van der Waals surface area contributed by atoms with E-state index in [1.165, 1.54) is 0 Å². The highest BCUT2D eigenvalue weighted by molar-refractivity contribution is 5.73. The van der Waals surface area contributed by atoms with E-state index < -0.39 is 0 Å². The standard InChI is InChI=1S/C21H33N7O/c1-26(2)16-9-12-28(13-10-16)20-18(14-23-27(20)3)19-8-11-22-21(25-19)24-15-4-6-17(29)7-5-15/h8,11,14-17,29H,4-7,9-10,12-13H2,1-3H3,(H,22,24,25)/t15-,17-. The highest BCUT2D eigenvalue weighted by Crippen LogP contribution is 2.32. The minimum Gasteiger partial charge on any atom is -0.393 e. The fourth-order valence-electron chi connectivity index (χ4n) is 4.56. The first-order valence-corrected chi connectivity index (χ1v) is 10.7. The van der Waals surface area contributed by atoms with E-state index in [-0.39, 0.29) is 6.10 Å². The smallest absolute Gasteiger partial charge is 0.223 e. The van der Waals surface area contributed by atoms with E-state index in [0.29, 0.717) is 18.0 Å². The van der Waals surface area contributed by atoms with Crippen molar-refractivity contribution in [3.63, 3.8) is 0 Å². The van der Waals surface area contributed by atoms with Gasteiger partial charge in [-0.25, -0.2) is 9.97 Å². The number of hydrogen-bond acceptors (Lipinski definition) is 7. The van der Waals surface area contributed by atoms with Gasteiger partial charge in [0, 0.05) is 38.4 Å². The Labute approximate surface area is 172 Å². The highest BCUT2D eigenvalue weighted by atomic mass is 16.3. The fraction of sp³-hybridized carbons (Fsp3) is 0.667. The van der Waals surface area contributed by atoms with Gasteiger partial charge in [0.15, 0.2) is 0 Å². The van der Waals surface area contributed by atoms with E-state index in [1.807, 2.05) is 30.2 Å². The Morgan fingerprint density at radius 1 is 1.10 bits per heavy atom. The van der Waals surface area contributed by atoms with Crippen LogP contribution in [0.1, 0.15) is 38.5 Å². The molecule has 2 N–H and O–H groups in total. The molecule has 2 fully saturated rings. The summed E-state index contributed by atoms with van der Waals surface area (Å²) in [5, 5.41) is 17.7. The van der Waals surface area contributed by atoms with Gasteiger partial charge in [-0.05, 0) is 58.7 Å². The van der Waals surface area contributed by atoms with Gasteiger partial charge in [0.05, 0.1) is 23.6 Å². The summed E-state index contributed by atoms with van der Waals surface area (Å²) in [6.07, 6.45) is 9.47. The lowest BCUT2D eigenvalue weighted by Gasteiger charge is -2.36. The zero-order valence-electron chi connectivity index (χ0n) is 17.8. The minimum atomic E-state index is -0.158. The summed E-state index contributed by atoms with van der Waals surface area (Å²) in [4.78, 5) is 14.0. The van der Waals surface area contributed by atoms with Crippen LogP contribution < -0.4 is 10.2 Å². The summed E-state index contributed by atoms with van der Waals surface area (Å²) >= 11 is 0. The van der Waals surface area contributed by atoms with Crippen molar-refractivity contribution in [3.05, 3.63) is 18.5 Å². The van der Waals surface area contributed by atoms with Crippen LogP contribution in [0.4, 0.5) is 11.8 Å². The van der Waals surface area contributed by atoms with E-state index >= 15 is 0 Å². The van der Waals surface area contributed by atoms with Crippen LogP contribution in [0.5, 0.6) is 0 Å². The largest absolute Gasteiger partial charge is 0.393 e. The van der Waals surface area contributed by atoms with Crippen molar-refractivity contribution in [2.75, 3.05) is 37.4 Å². The van der Waals surface area contributed by atoms with Gasteiger partial charge in [0.2, 0.25) is 5.95 Å². The number of aryl methyl sites for hydroxylation is 1. The van der Waals surface area contributed by atoms with Crippen molar-refractivity contribution >= 4 is 11.8 Å². The molecule has 0 spiro atoms. The van der Waals surface area contributed by atoms with Crippen LogP contribution in [0, 0.1) is 0 Å². The third-order valence-corrected chi connectivity index (χ3v) is 6.36. The molecular weight excluding hydrogens is 366 g/mol. The molecule has 0 unspecified atom stereocenters. The number of hydrogen-bond donors (Lipinski definition) is 2. The second-order valence-electron chi connectivity index (χ2n) is 8.60. The topological polar surface area (TPSA) is 82.3 Å². The molecule has 1 saturated carbocycles. The number of aromatic nitrogens is 4. The Morgan fingerprint density at radius 2 is 1.83 bits per heavy atom. The van der Waals surface area contributed by atoms with Crippen LogP contribution >= 0.6 is 0 Å². The van der Waals surface area contributed by atoms with Crippen LogP contribution in [0.15, 0.2) is 18.5 Å². The molecule has 0 atom stereocenters. The van der Waals surface area contributed by atoms with E-state index in [1.54, 1.807) is 0 Å². The maximum Gasteiger partial charge on any atom is 0.223 e. The number of aliphatic hydroxyl groups is 1. The molecular formula is C21H33N7O. The Morgan fingerprint density at radius 3 is 2.52 bits per heavy atom. The second-order valence-corrected chi connectivity index (χ2v) is 8.60. The molecule has 2 aromatic heterocycles. The Kier molecular flexibility index (Phi) is 6.01. The molecule has 1 saturated heterocycles. The van der Waals surface area contributed by atoms with Gasteiger partial charge < -0.3 is 20.2 Å². The number of piperidine rings is 1.